The highest BCUT2D eigenvalue weighted by Crippen LogP contribution is 2.36. The molecule has 2 aliphatic rings. The topological polar surface area (TPSA) is 132 Å². The van der Waals surface area contributed by atoms with E-state index in [1.54, 1.807) is 23.9 Å². The van der Waals surface area contributed by atoms with E-state index in [1.165, 1.54) is 17.7 Å². The minimum atomic E-state index is -4.13. The molecule has 16 heteroatoms. The van der Waals surface area contributed by atoms with E-state index in [2.05, 4.69) is 80.3 Å². The van der Waals surface area contributed by atoms with Gasteiger partial charge in [-0.25, -0.2) is 8.42 Å². The Morgan fingerprint density at radius 3 is 2.22 bits per heavy atom. The number of hydrogen-bond donors (Lipinski definition) is 2. The molecule has 0 spiro atoms. The van der Waals surface area contributed by atoms with E-state index < -0.39 is 14.9 Å². The normalized spacial score (nSPS) is 15.0. The Morgan fingerprint density at radius 2 is 1.56 bits per heavy atom. The predicted molar refractivity (Wildman–Crippen MR) is 260 cm³/mol. The van der Waals surface area contributed by atoms with Gasteiger partial charge in [0.2, 0.25) is 0 Å². The standard InChI is InChI=1S/C47H56ClN9O4S2/c1-52(2)24-23-39(34-62-42-11-6-5-7-12-42)49-45-22-21-43(32-46(45)57(58)59)63(60,61)51-38-17-19-40(20-18-38)54-26-28-55(29-27-54)41-10-8-9-36(31-41)44-33-56(30-25-53(3)4)50-47(44)35-13-15-37(48)16-14-35/h5-13,15,17-22,31-33,39,49,51H,14,16,23-30,34H2,1-4H3/t39-/m1/s1. The second-order valence-corrected chi connectivity index (χ2v) is 19.7. The third-order valence-electron chi connectivity index (χ3n) is 11.2. The Labute approximate surface area is 380 Å². The summed E-state index contributed by atoms with van der Waals surface area (Å²) in [6.45, 7) is 5.66. The van der Waals surface area contributed by atoms with Crippen LogP contribution < -0.4 is 19.8 Å². The number of nitrogens with zero attached hydrogens (tertiary/aromatic N) is 7. The molecule has 0 radical (unpaired) electrons. The second kappa shape index (κ2) is 20.9. The number of aromatic nitrogens is 2. The number of nitro groups is 1. The van der Waals surface area contributed by atoms with Crippen LogP contribution in [0.2, 0.25) is 0 Å². The molecule has 2 N–H and O–H groups in total. The zero-order chi connectivity index (χ0) is 44.5. The summed E-state index contributed by atoms with van der Waals surface area (Å²) in [5, 5.41) is 21.5. The van der Waals surface area contributed by atoms with Gasteiger partial charge in [-0.05, 0) is 132 Å². The van der Waals surface area contributed by atoms with Crippen LogP contribution in [0.15, 0.2) is 130 Å². The summed E-state index contributed by atoms with van der Waals surface area (Å²) < 4.78 is 31.8. The first-order chi connectivity index (χ1) is 30.3. The summed E-state index contributed by atoms with van der Waals surface area (Å²) in [6, 6.07) is 29.9. The Balaban J connectivity index is 0.984. The van der Waals surface area contributed by atoms with Crippen LogP contribution in [0.5, 0.6) is 0 Å². The molecule has 1 atom stereocenters. The van der Waals surface area contributed by atoms with Gasteiger partial charge in [-0.1, -0.05) is 48.0 Å². The number of hydrogen-bond acceptors (Lipinski definition) is 11. The molecule has 0 amide bonds. The van der Waals surface area contributed by atoms with Crippen LogP contribution in [0.1, 0.15) is 25.0 Å². The Morgan fingerprint density at radius 1 is 0.841 bits per heavy atom. The second-order valence-electron chi connectivity index (χ2n) is 16.4. The van der Waals surface area contributed by atoms with Crippen LogP contribution in [0.3, 0.4) is 0 Å². The average molecular weight is 911 g/mol. The maximum absolute atomic E-state index is 13.6. The number of halogens is 1. The van der Waals surface area contributed by atoms with E-state index >= 15 is 0 Å². The smallest absolute Gasteiger partial charge is 0.293 e. The van der Waals surface area contributed by atoms with Crippen molar-refractivity contribution in [3.63, 3.8) is 0 Å². The van der Waals surface area contributed by atoms with Gasteiger partial charge in [0.1, 0.15) is 5.69 Å². The zero-order valence-corrected chi connectivity index (χ0v) is 38.7. The minimum absolute atomic E-state index is 0.0961. The highest BCUT2D eigenvalue weighted by Gasteiger charge is 2.25. The molecule has 332 valence electrons. The number of benzene rings is 4. The molecule has 13 nitrogen and oxygen atoms in total. The molecule has 1 saturated heterocycles. The van der Waals surface area contributed by atoms with Gasteiger partial charge in [-0.2, -0.15) is 5.10 Å². The van der Waals surface area contributed by atoms with Crippen LogP contribution in [0.25, 0.3) is 16.7 Å². The van der Waals surface area contributed by atoms with Crippen LogP contribution in [0.4, 0.5) is 28.4 Å². The third kappa shape index (κ3) is 12.2. The maximum Gasteiger partial charge on any atom is 0.293 e. The first-order valence-electron chi connectivity index (χ1n) is 21.2. The number of anilines is 4. The summed E-state index contributed by atoms with van der Waals surface area (Å²) in [4.78, 5) is 21.6. The van der Waals surface area contributed by atoms with E-state index in [1.807, 2.05) is 67.3 Å². The molecule has 1 fully saturated rings. The molecule has 1 aromatic heterocycles. The lowest BCUT2D eigenvalue weighted by molar-refractivity contribution is -0.384. The monoisotopic (exact) mass is 909 g/mol. The van der Waals surface area contributed by atoms with Crippen LogP contribution in [-0.2, 0) is 16.6 Å². The third-order valence-corrected chi connectivity index (χ3v) is 14.1. The number of nitro benzene ring substituents is 1. The van der Waals surface area contributed by atoms with Crippen molar-refractivity contribution < 1.29 is 13.3 Å². The molecule has 63 heavy (non-hydrogen) atoms. The van der Waals surface area contributed by atoms with Gasteiger partial charge in [-0.15, -0.1) is 11.8 Å². The van der Waals surface area contributed by atoms with Crippen molar-refractivity contribution >= 4 is 67.4 Å². The van der Waals surface area contributed by atoms with Gasteiger partial charge >= 0.3 is 0 Å². The summed E-state index contributed by atoms with van der Waals surface area (Å²) in [5.74, 6) is 0.677. The molecular formula is C47H56ClN9O4S2. The Hall–Kier alpha value is -5.32. The summed E-state index contributed by atoms with van der Waals surface area (Å²) >= 11 is 7.98. The molecule has 1 aliphatic carbocycles. The van der Waals surface area contributed by atoms with Gasteiger partial charge < -0.3 is 24.9 Å². The van der Waals surface area contributed by atoms with Crippen LogP contribution in [-0.4, -0.2) is 112 Å². The molecule has 4 aromatic carbocycles. The SMILES string of the molecule is CN(C)CC[C@H](CSc1ccccc1)Nc1ccc(S(=O)(=O)Nc2ccc(N3CCN(c4cccc(-c5cn(CCN(C)C)nc5C5=CC=C(Cl)CC5)c4)CC3)cc2)cc1[N+](=O)[O-]. The number of rotatable bonds is 19. The van der Waals surface area contributed by atoms with Crippen molar-refractivity contribution in [1.29, 1.82) is 0 Å². The lowest BCUT2D eigenvalue weighted by Crippen LogP contribution is -2.46. The van der Waals surface area contributed by atoms with Gasteiger partial charge in [0.05, 0.1) is 22.1 Å². The average Bonchev–Trinajstić information content (AvgIpc) is 3.72. The van der Waals surface area contributed by atoms with E-state index in [0.29, 0.717) is 11.4 Å². The van der Waals surface area contributed by atoms with Gasteiger partial charge in [0, 0.05) is 89.3 Å². The first-order valence-corrected chi connectivity index (χ1v) is 24.0. The fraction of sp³-hybridized carbons (Fsp3) is 0.340. The number of piperazine rings is 1. The highest BCUT2D eigenvalue weighted by molar-refractivity contribution is 7.99. The van der Waals surface area contributed by atoms with E-state index in [4.69, 9.17) is 16.7 Å². The number of likely N-dealkylation sites (N-methyl/N-ethyl adjacent to an activating group) is 1. The van der Waals surface area contributed by atoms with Crippen LogP contribution in [0, 0.1) is 10.1 Å². The van der Waals surface area contributed by atoms with Crippen molar-refractivity contribution in [3.8, 4) is 11.1 Å². The van der Waals surface area contributed by atoms with Crippen LogP contribution >= 0.6 is 23.4 Å². The molecule has 1 aliphatic heterocycles. The van der Waals surface area contributed by atoms with Crippen molar-refractivity contribution in [1.82, 2.24) is 19.6 Å². The molecule has 0 unspecified atom stereocenters. The van der Waals surface area contributed by atoms with Crippen molar-refractivity contribution in [2.75, 3.05) is 93.1 Å². The predicted octanol–water partition coefficient (Wildman–Crippen LogP) is 8.97. The molecule has 2 heterocycles. The molecule has 0 bridgehead atoms. The van der Waals surface area contributed by atoms with Crippen molar-refractivity contribution in [2.24, 2.45) is 0 Å². The summed E-state index contributed by atoms with van der Waals surface area (Å²) in [5.41, 5.74) is 6.92. The van der Waals surface area contributed by atoms with Gasteiger partial charge in [-0.3, -0.25) is 19.5 Å². The van der Waals surface area contributed by atoms with Gasteiger partial charge in [0.25, 0.3) is 15.7 Å². The van der Waals surface area contributed by atoms with E-state index in [-0.39, 0.29) is 22.3 Å². The lowest BCUT2D eigenvalue weighted by Gasteiger charge is -2.37. The fourth-order valence-electron chi connectivity index (χ4n) is 7.64. The number of thioether (sulfide) groups is 1. The lowest BCUT2D eigenvalue weighted by atomic mass is 9.96. The molecule has 0 saturated carbocycles. The maximum atomic E-state index is 13.6. The van der Waals surface area contributed by atoms with Crippen molar-refractivity contribution in [3.05, 3.63) is 136 Å². The molecular weight excluding hydrogens is 854 g/mol. The molecule has 7 rings (SSSR count). The van der Waals surface area contributed by atoms with Crippen molar-refractivity contribution in [2.45, 2.75) is 41.6 Å². The number of allylic oxidation sites excluding steroid dienone is 4. The Bertz CT molecular complexity index is 2520. The summed E-state index contributed by atoms with van der Waals surface area (Å²) in [6.07, 6.45) is 8.65. The Kier molecular flexibility index (Phi) is 15.2. The minimum Gasteiger partial charge on any atom is -0.376 e. The number of nitrogens with one attached hydrogen (secondary N) is 2. The van der Waals surface area contributed by atoms with Gasteiger partial charge in [0.15, 0.2) is 0 Å². The number of sulfonamides is 1. The molecule has 5 aromatic rings. The van der Waals surface area contributed by atoms with E-state index in [0.717, 1.165) is 109 Å². The largest absolute Gasteiger partial charge is 0.376 e. The zero-order valence-electron chi connectivity index (χ0n) is 36.3. The van der Waals surface area contributed by atoms with E-state index in [9.17, 15) is 18.5 Å². The summed E-state index contributed by atoms with van der Waals surface area (Å²) in [7, 11) is 3.98. The highest BCUT2D eigenvalue weighted by atomic mass is 35.5. The quantitative estimate of drug-likeness (QED) is 0.0468. The fourth-order valence-corrected chi connectivity index (χ4v) is 9.87. The first kappa shape index (κ1) is 45.7.